The average Bonchev–Trinajstić information content (AvgIpc) is 2.90. The molecule has 0 unspecified atom stereocenters. The highest BCUT2D eigenvalue weighted by molar-refractivity contribution is 7.89. The number of nitrogens with one attached hydrogen (secondary N) is 1. The van der Waals surface area contributed by atoms with Gasteiger partial charge in [-0.25, -0.2) is 18.4 Å². The van der Waals surface area contributed by atoms with Crippen LogP contribution in [0.1, 0.15) is 47.2 Å². The Morgan fingerprint density at radius 1 is 1.22 bits per heavy atom. The van der Waals surface area contributed by atoms with E-state index in [1.54, 1.807) is 13.8 Å². The molecule has 0 heterocycles. The number of benzene rings is 1. The number of aryl methyl sites for hydroxylation is 1. The second-order valence-electron chi connectivity index (χ2n) is 6.01. The Labute approximate surface area is 134 Å². The topological polar surface area (TPSA) is 127 Å². The predicted octanol–water partition coefficient (Wildman–Crippen LogP) is 1.08. The van der Waals surface area contributed by atoms with Gasteiger partial charge in [-0.1, -0.05) is 12.8 Å². The SMILES string of the molecule is Cc1cc(C(=O)NC2(C(=O)O)CCCC2)cc(S(N)(=O)=O)c1C. The minimum Gasteiger partial charge on any atom is -0.480 e. The Kier molecular flexibility index (Phi) is 4.50. The molecular weight excluding hydrogens is 320 g/mol. The Balaban J connectivity index is 2.41. The van der Waals surface area contributed by atoms with Crippen molar-refractivity contribution in [1.29, 1.82) is 0 Å². The van der Waals surface area contributed by atoms with Crippen LogP contribution < -0.4 is 10.5 Å². The minimum absolute atomic E-state index is 0.0876. The molecule has 1 amide bonds. The third kappa shape index (κ3) is 3.37. The van der Waals surface area contributed by atoms with Gasteiger partial charge in [-0.15, -0.1) is 0 Å². The zero-order chi connectivity index (χ0) is 17.4. The van der Waals surface area contributed by atoms with E-state index in [0.29, 0.717) is 24.0 Å². The summed E-state index contributed by atoms with van der Waals surface area (Å²) in [5, 5.41) is 17.2. The van der Waals surface area contributed by atoms with Crippen LogP contribution in [0.3, 0.4) is 0 Å². The van der Waals surface area contributed by atoms with E-state index in [4.69, 9.17) is 5.14 Å². The standard InChI is InChI=1S/C15H20N2O5S/c1-9-7-11(8-12(10(9)2)23(16,21)22)13(18)17-15(14(19)20)5-3-4-6-15/h7-8H,3-6H2,1-2H3,(H,17,18)(H,19,20)(H2,16,21,22). The van der Waals surface area contributed by atoms with E-state index in [1.165, 1.54) is 12.1 Å². The van der Waals surface area contributed by atoms with Gasteiger partial charge in [-0.3, -0.25) is 4.79 Å². The third-order valence-electron chi connectivity index (χ3n) is 4.41. The molecule has 0 saturated heterocycles. The van der Waals surface area contributed by atoms with Gasteiger partial charge in [0.05, 0.1) is 4.90 Å². The van der Waals surface area contributed by atoms with Gasteiger partial charge >= 0.3 is 5.97 Å². The minimum atomic E-state index is -3.97. The molecule has 0 bridgehead atoms. The fourth-order valence-electron chi connectivity index (χ4n) is 2.91. The number of carbonyl (C=O) groups is 2. The summed E-state index contributed by atoms with van der Waals surface area (Å²) >= 11 is 0. The van der Waals surface area contributed by atoms with Crippen molar-refractivity contribution in [3.63, 3.8) is 0 Å². The second kappa shape index (κ2) is 5.93. The molecule has 126 valence electrons. The van der Waals surface area contributed by atoms with Gasteiger partial charge in [-0.2, -0.15) is 0 Å². The van der Waals surface area contributed by atoms with Crippen molar-refractivity contribution in [3.8, 4) is 0 Å². The number of hydrogen-bond donors (Lipinski definition) is 3. The molecule has 7 nitrogen and oxygen atoms in total. The summed E-state index contributed by atoms with van der Waals surface area (Å²) in [4.78, 5) is 23.8. The maximum Gasteiger partial charge on any atom is 0.329 e. The van der Waals surface area contributed by atoms with E-state index < -0.39 is 27.4 Å². The molecule has 0 aliphatic heterocycles. The number of primary sulfonamides is 1. The summed E-state index contributed by atoms with van der Waals surface area (Å²) in [6.45, 7) is 3.27. The Bertz CT molecular complexity index is 764. The molecule has 0 aromatic heterocycles. The molecule has 1 aromatic rings. The van der Waals surface area contributed by atoms with Crippen LogP contribution in [0.4, 0.5) is 0 Å². The van der Waals surface area contributed by atoms with Crippen LogP contribution >= 0.6 is 0 Å². The summed E-state index contributed by atoms with van der Waals surface area (Å²) in [6.07, 6.45) is 2.17. The lowest BCUT2D eigenvalue weighted by atomic mass is 9.96. The van der Waals surface area contributed by atoms with E-state index in [2.05, 4.69) is 5.32 Å². The highest BCUT2D eigenvalue weighted by atomic mass is 32.2. The smallest absolute Gasteiger partial charge is 0.329 e. The zero-order valence-electron chi connectivity index (χ0n) is 13.0. The molecule has 1 fully saturated rings. The van der Waals surface area contributed by atoms with Gasteiger partial charge < -0.3 is 10.4 Å². The first-order chi connectivity index (χ1) is 10.6. The normalized spacial score (nSPS) is 17.0. The molecule has 8 heteroatoms. The summed E-state index contributed by atoms with van der Waals surface area (Å²) in [7, 11) is -3.97. The van der Waals surface area contributed by atoms with Crippen LogP contribution in [0.25, 0.3) is 0 Å². The number of amides is 1. The molecule has 23 heavy (non-hydrogen) atoms. The first kappa shape index (κ1) is 17.4. The molecular formula is C15H20N2O5S. The number of rotatable bonds is 4. The summed E-state index contributed by atoms with van der Waals surface area (Å²) in [5.74, 6) is -1.68. The molecule has 1 saturated carbocycles. The van der Waals surface area contributed by atoms with Crippen molar-refractivity contribution in [2.24, 2.45) is 5.14 Å². The average molecular weight is 340 g/mol. The van der Waals surface area contributed by atoms with Crippen molar-refractivity contribution in [1.82, 2.24) is 5.32 Å². The maximum absolute atomic E-state index is 12.4. The van der Waals surface area contributed by atoms with Crippen molar-refractivity contribution in [2.45, 2.75) is 50.0 Å². The molecule has 4 N–H and O–H groups in total. The quantitative estimate of drug-likeness (QED) is 0.756. The maximum atomic E-state index is 12.4. The molecule has 0 radical (unpaired) electrons. The Morgan fingerprint density at radius 2 is 1.78 bits per heavy atom. The van der Waals surface area contributed by atoms with Gasteiger partial charge in [0.1, 0.15) is 5.54 Å². The summed E-state index contributed by atoms with van der Waals surface area (Å²) in [6, 6.07) is 2.72. The molecule has 0 atom stereocenters. The van der Waals surface area contributed by atoms with E-state index in [-0.39, 0.29) is 10.5 Å². The molecule has 2 rings (SSSR count). The highest BCUT2D eigenvalue weighted by Gasteiger charge is 2.42. The van der Waals surface area contributed by atoms with Crippen LogP contribution in [-0.4, -0.2) is 30.9 Å². The second-order valence-corrected chi connectivity index (χ2v) is 7.54. The largest absolute Gasteiger partial charge is 0.480 e. The summed E-state index contributed by atoms with van der Waals surface area (Å²) in [5.41, 5.74) is -0.127. The number of carboxylic acids is 1. The van der Waals surface area contributed by atoms with Gasteiger partial charge in [0.25, 0.3) is 5.91 Å². The van der Waals surface area contributed by atoms with Gasteiger partial charge in [-0.05, 0) is 49.9 Å². The number of sulfonamides is 1. The van der Waals surface area contributed by atoms with Crippen LogP contribution in [0.5, 0.6) is 0 Å². The number of carbonyl (C=O) groups excluding carboxylic acids is 1. The lowest BCUT2D eigenvalue weighted by Gasteiger charge is -2.25. The van der Waals surface area contributed by atoms with Crippen LogP contribution in [0.2, 0.25) is 0 Å². The fraction of sp³-hybridized carbons (Fsp3) is 0.467. The molecule has 1 aromatic carbocycles. The first-order valence-corrected chi connectivity index (χ1v) is 8.81. The zero-order valence-corrected chi connectivity index (χ0v) is 13.9. The number of nitrogens with two attached hydrogens (primary N) is 1. The van der Waals surface area contributed by atoms with Crippen LogP contribution in [0.15, 0.2) is 17.0 Å². The van der Waals surface area contributed by atoms with E-state index in [9.17, 15) is 23.1 Å². The van der Waals surface area contributed by atoms with E-state index in [1.807, 2.05) is 0 Å². The van der Waals surface area contributed by atoms with Crippen LogP contribution in [-0.2, 0) is 14.8 Å². The molecule has 1 aliphatic carbocycles. The van der Waals surface area contributed by atoms with Crippen LogP contribution in [0, 0.1) is 13.8 Å². The Morgan fingerprint density at radius 3 is 2.26 bits per heavy atom. The highest BCUT2D eigenvalue weighted by Crippen LogP contribution is 2.30. The van der Waals surface area contributed by atoms with E-state index in [0.717, 1.165) is 12.8 Å². The van der Waals surface area contributed by atoms with Gasteiger partial charge in [0.2, 0.25) is 10.0 Å². The Hall–Kier alpha value is -1.93. The third-order valence-corrected chi connectivity index (χ3v) is 5.44. The lowest BCUT2D eigenvalue weighted by Crippen LogP contribution is -2.52. The fourth-order valence-corrected chi connectivity index (χ4v) is 3.79. The van der Waals surface area contributed by atoms with Crippen molar-refractivity contribution in [3.05, 3.63) is 28.8 Å². The number of hydrogen-bond acceptors (Lipinski definition) is 4. The first-order valence-electron chi connectivity index (χ1n) is 7.27. The van der Waals surface area contributed by atoms with Crippen molar-refractivity contribution >= 4 is 21.9 Å². The van der Waals surface area contributed by atoms with E-state index >= 15 is 0 Å². The van der Waals surface area contributed by atoms with Gasteiger partial charge in [0.15, 0.2) is 0 Å². The summed E-state index contributed by atoms with van der Waals surface area (Å²) < 4.78 is 23.3. The lowest BCUT2D eigenvalue weighted by molar-refractivity contribution is -0.144. The predicted molar refractivity (Wildman–Crippen MR) is 83.6 cm³/mol. The van der Waals surface area contributed by atoms with Crippen molar-refractivity contribution < 1.29 is 23.1 Å². The monoisotopic (exact) mass is 340 g/mol. The number of carboxylic acid groups (broad SMARTS) is 1. The molecule has 1 aliphatic rings. The van der Waals surface area contributed by atoms with Gasteiger partial charge in [0, 0.05) is 5.56 Å². The van der Waals surface area contributed by atoms with Crippen molar-refractivity contribution in [2.75, 3.05) is 0 Å². The molecule has 0 spiro atoms. The number of aliphatic carboxylic acids is 1.